The Morgan fingerprint density at radius 3 is 2.56 bits per heavy atom. The number of aliphatic hydroxyl groups is 3. The second-order valence-electron chi connectivity index (χ2n) is 3.92. The largest absolute Gasteiger partial charge is 0.396 e. The summed E-state index contributed by atoms with van der Waals surface area (Å²) < 4.78 is 13.2. The quantitative estimate of drug-likeness (QED) is 0.536. The van der Waals surface area contributed by atoms with Crippen LogP contribution in [0.15, 0.2) is 12.1 Å². The maximum absolute atomic E-state index is 13.2. The summed E-state index contributed by atoms with van der Waals surface area (Å²) in [6.07, 6.45) is -2.90. The van der Waals surface area contributed by atoms with Crippen LogP contribution >= 0.6 is 0 Å². The first kappa shape index (κ1) is 14.5. The van der Waals surface area contributed by atoms with Crippen molar-refractivity contribution >= 4 is 5.69 Å². The number of benzene rings is 1. The lowest BCUT2D eigenvalue weighted by atomic mass is 9.96. The Balaban J connectivity index is 3.19. The Kier molecular flexibility index (Phi) is 4.71. The lowest BCUT2D eigenvalue weighted by Crippen LogP contribution is -2.20. The average Bonchev–Trinajstić information content (AvgIpc) is 2.30. The number of rotatable bonds is 5. The van der Waals surface area contributed by atoms with Crippen molar-refractivity contribution < 1.29 is 24.6 Å². The summed E-state index contributed by atoms with van der Waals surface area (Å²) in [5.41, 5.74) is -0.422. The smallest absolute Gasteiger partial charge is 0.275 e. The molecule has 6 nitrogen and oxygen atoms in total. The van der Waals surface area contributed by atoms with Gasteiger partial charge < -0.3 is 15.3 Å². The molecule has 18 heavy (non-hydrogen) atoms. The zero-order valence-electron chi connectivity index (χ0n) is 9.71. The monoisotopic (exact) mass is 259 g/mol. The lowest BCUT2D eigenvalue weighted by molar-refractivity contribution is -0.385. The van der Waals surface area contributed by atoms with Crippen molar-refractivity contribution in [2.45, 2.75) is 25.6 Å². The Bertz CT molecular complexity index is 451. The fourth-order valence-electron chi connectivity index (χ4n) is 1.68. The molecule has 1 rings (SSSR count). The number of nitro groups is 1. The highest BCUT2D eigenvalue weighted by molar-refractivity contribution is 5.46. The van der Waals surface area contributed by atoms with Gasteiger partial charge in [0.25, 0.3) is 5.69 Å². The molecule has 0 fully saturated rings. The first-order valence-electron chi connectivity index (χ1n) is 5.30. The predicted molar refractivity (Wildman–Crippen MR) is 60.5 cm³/mol. The summed E-state index contributed by atoms with van der Waals surface area (Å²) in [6, 6.07) is 1.69. The molecule has 7 heteroatoms. The van der Waals surface area contributed by atoms with Gasteiger partial charge in [-0.2, -0.15) is 0 Å². The molecule has 1 aromatic rings. The van der Waals surface area contributed by atoms with Crippen LogP contribution in [0, 0.1) is 22.9 Å². The molecule has 0 radical (unpaired) electrons. The fourth-order valence-corrected chi connectivity index (χ4v) is 1.68. The van der Waals surface area contributed by atoms with Gasteiger partial charge in [0, 0.05) is 12.2 Å². The predicted octanol–water partition coefficient (Wildman–Crippen LogP) is 0.819. The molecule has 0 saturated heterocycles. The first-order valence-corrected chi connectivity index (χ1v) is 5.30. The Morgan fingerprint density at radius 2 is 2.06 bits per heavy atom. The van der Waals surface area contributed by atoms with Crippen LogP contribution in [-0.4, -0.2) is 33.0 Å². The molecule has 0 bridgehead atoms. The molecule has 0 aliphatic rings. The molecule has 0 saturated carbocycles. The van der Waals surface area contributed by atoms with Crippen molar-refractivity contribution in [3.63, 3.8) is 0 Å². The zero-order chi connectivity index (χ0) is 13.9. The van der Waals surface area contributed by atoms with Gasteiger partial charge in [-0.05, 0) is 25.0 Å². The molecule has 0 aliphatic heterocycles. The minimum absolute atomic E-state index is 0.0531. The van der Waals surface area contributed by atoms with Gasteiger partial charge in [-0.15, -0.1) is 0 Å². The van der Waals surface area contributed by atoms with E-state index in [-0.39, 0.29) is 24.2 Å². The summed E-state index contributed by atoms with van der Waals surface area (Å²) in [5.74, 6) is -0.863. The Hall–Kier alpha value is -1.57. The van der Waals surface area contributed by atoms with E-state index in [9.17, 15) is 24.7 Å². The summed E-state index contributed by atoms with van der Waals surface area (Å²) in [7, 11) is 0. The normalized spacial score (nSPS) is 14.3. The van der Waals surface area contributed by atoms with Gasteiger partial charge in [0.05, 0.1) is 17.1 Å². The van der Waals surface area contributed by atoms with E-state index in [1.165, 1.54) is 6.92 Å². The van der Waals surface area contributed by atoms with E-state index in [0.717, 1.165) is 12.1 Å². The molecule has 3 N–H and O–H groups in total. The average molecular weight is 259 g/mol. The van der Waals surface area contributed by atoms with E-state index < -0.39 is 28.6 Å². The SMILES string of the molecule is Cc1c(C(O)C(O)CCO)cc(F)cc1[N+](=O)[O-]. The summed E-state index contributed by atoms with van der Waals surface area (Å²) in [5, 5.41) is 38.6. The van der Waals surface area contributed by atoms with Gasteiger partial charge in [0.15, 0.2) is 0 Å². The van der Waals surface area contributed by atoms with Crippen LogP contribution in [0.3, 0.4) is 0 Å². The molecule has 0 spiro atoms. The van der Waals surface area contributed by atoms with E-state index >= 15 is 0 Å². The number of halogens is 1. The van der Waals surface area contributed by atoms with E-state index in [0.29, 0.717) is 0 Å². The standard InChI is InChI=1S/C11H14FNO5/c1-6-8(11(16)10(15)2-3-14)4-7(12)5-9(6)13(17)18/h4-5,10-11,14-16H,2-3H2,1H3. The first-order chi connectivity index (χ1) is 8.38. The third-order valence-electron chi connectivity index (χ3n) is 2.69. The van der Waals surface area contributed by atoms with Crippen LogP contribution in [-0.2, 0) is 0 Å². The zero-order valence-corrected chi connectivity index (χ0v) is 9.71. The maximum atomic E-state index is 13.2. The number of nitro benzene ring substituents is 1. The highest BCUT2D eigenvalue weighted by Crippen LogP contribution is 2.29. The van der Waals surface area contributed by atoms with E-state index in [4.69, 9.17) is 5.11 Å². The van der Waals surface area contributed by atoms with Gasteiger partial charge in [-0.25, -0.2) is 4.39 Å². The van der Waals surface area contributed by atoms with E-state index in [2.05, 4.69) is 0 Å². The van der Waals surface area contributed by atoms with Crippen molar-refractivity contribution in [1.29, 1.82) is 0 Å². The van der Waals surface area contributed by atoms with Crippen LogP contribution in [0.1, 0.15) is 23.7 Å². The third kappa shape index (κ3) is 3.00. The summed E-state index contributed by atoms with van der Waals surface area (Å²) in [6.45, 7) is 1.01. The number of aliphatic hydroxyl groups excluding tert-OH is 3. The molecule has 0 aliphatic carbocycles. The summed E-state index contributed by atoms with van der Waals surface area (Å²) in [4.78, 5) is 9.94. The van der Waals surface area contributed by atoms with E-state index in [1.54, 1.807) is 0 Å². The third-order valence-corrected chi connectivity index (χ3v) is 2.69. The molecule has 0 aromatic heterocycles. The summed E-state index contributed by atoms with van der Waals surface area (Å²) >= 11 is 0. The topological polar surface area (TPSA) is 104 Å². The second kappa shape index (κ2) is 5.85. The molecule has 2 atom stereocenters. The van der Waals surface area contributed by atoms with Crippen LogP contribution in [0.2, 0.25) is 0 Å². The minimum atomic E-state index is -1.48. The second-order valence-corrected chi connectivity index (χ2v) is 3.92. The molecule has 2 unspecified atom stereocenters. The van der Waals surface area contributed by atoms with Crippen molar-refractivity contribution in [3.05, 3.63) is 39.2 Å². The molecule has 0 heterocycles. The van der Waals surface area contributed by atoms with Gasteiger partial charge in [-0.3, -0.25) is 10.1 Å². The number of nitrogens with zero attached hydrogens (tertiary/aromatic N) is 1. The van der Waals surface area contributed by atoms with Crippen LogP contribution in [0.5, 0.6) is 0 Å². The van der Waals surface area contributed by atoms with E-state index in [1.807, 2.05) is 0 Å². The van der Waals surface area contributed by atoms with Crippen LogP contribution in [0.4, 0.5) is 10.1 Å². The highest BCUT2D eigenvalue weighted by atomic mass is 19.1. The number of hydrogen-bond acceptors (Lipinski definition) is 5. The van der Waals surface area contributed by atoms with Gasteiger partial charge in [0.1, 0.15) is 11.9 Å². The molecular weight excluding hydrogens is 245 g/mol. The fraction of sp³-hybridized carbons (Fsp3) is 0.455. The number of hydrogen-bond donors (Lipinski definition) is 3. The van der Waals surface area contributed by atoms with Gasteiger partial charge in [0.2, 0.25) is 0 Å². The van der Waals surface area contributed by atoms with Gasteiger partial charge >= 0.3 is 0 Å². The van der Waals surface area contributed by atoms with Crippen molar-refractivity contribution in [2.75, 3.05) is 6.61 Å². The lowest BCUT2D eigenvalue weighted by Gasteiger charge is -2.19. The molecular formula is C11H14FNO5. The molecule has 100 valence electrons. The van der Waals surface area contributed by atoms with Crippen molar-refractivity contribution in [2.24, 2.45) is 0 Å². The maximum Gasteiger partial charge on any atom is 0.275 e. The van der Waals surface area contributed by atoms with Gasteiger partial charge in [-0.1, -0.05) is 0 Å². The van der Waals surface area contributed by atoms with Crippen molar-refractivity contribution in [1.82, 2.24) is 0 Å². The Labute approximate surface area is 102 Å². The molecule has 0 amide bonds. The van der Waals surface area contributed by atoms with Crippen LogP contribution < -0.4 is 0 Å². The minimum Gasteiger partial charge on any atom is -0.396 e. The Morgan fingerprint density at radius 1 is 1.44 bits per heavy atom. The van der Waals surface area contributed by atoms with Crippen LogP contribution in [0.25, 0.3) is 0 Å². The van der Waals surface area contributed by atoms with Crippen molar-refractivity contribution in [3.8, 4) is 0 Å². The molecule has 1 aromatic carbocycles. The highest BCUT2D eigenvalue weighted by Gasteiger charge is 2.25.